The lowest BCUT2D eigenvalue weighted by Crippen LogP contribution is -2.55. The maximum atomic E-state index is 12.4. The Hall–Kier alpha value is -1.62. The second-order valence-corrected chi connectivity index (χ2v) is 6.26. The van der Waals surface area contributed by atoms with Gasteiger partial charge in [0.05, 0.1) is 12.1 Å². The predicted octanol–water partition coefficient (Wildman–Crippen LogP) is 1.74. The molecule has 1 atom stereocenters. The van der Waals surface area contributed by atoms with Gasteiger partial charge in [0, 0.05) is 18.0 Å². The number of H-pyrrole nitrogens is 1. The van der Waals surface area contributed by atoms with Crippen LogP contribution in [-0.4, -0.2) is 28.1 Å². The maximum absolute atomic E-state index is 12.4. The Bertz CT molecular complexity index is 561. The summed E-state index contributed by atoms with van der Waals surface area (Å²) in [6.45, 7) is 3.51. The zero-order valence-corrected chi connectivity index (χ0v) is 12.7. The highest BCUT2D eigenvalue weighted by atomic mass is 16.3. The molecule has 1 fully saturated rings. The van der Waals surface area contributed by atoms with Crippen molar-refractivity contribution in [1.29, 1.82) is 0 Å². The number of aliphatic hydroxyl groups excluding tert-OH is 1. The Balaban J connectivity index is 2.17. The number of hydrogen-bond donors (Lipinski definition) is 3. The molecule has 1 aliphatic carbocycles. The minimum absolute atomic E-state index is 0.0936. The first-order valence-corrected chi connectivity index (χ1v) is 7.59. The van der Waals surface area contributed by atoms with Gasteiger partial charge >= 0.3 is 0 Å². The van der Waals surface area contributed by atoms with Gasteiger partial charge in [0.2, 0.25) is 0 Å². The summed E-state index contributed by atoms with van der Waals surface area (Å²) in [6, 6.07) is 1.41. The summed E-state index contributed by atoms with van der Waals surface area (Å²) in [7, 11) is 0. The summed E-state index contributed by atoms with van der Waals surface area (Å²) in [4.78, 5) is 27.1. The molecular weight excluding hydrogens is 268 g/mol. The topological polar surface area (TPSA) is 82.2 Å². The van der Waals surface area contributed by atoms with Gasteiger partial charge in [-0.05, 0) is 32.6 Å². The van der Waals surface area contributed by atoms with E-state index in [2.05, 4.69) is 10.3 Å². The predicted molar refractivity (Wildman–Crippen MR) is 81.3 cm³/mol. The van der Waals surface area contributed by atoms with Gasteiger partial charge in [0.15, 0.2) is 5.43 Å². The molecule has 1 aliphatic rings. The van der Waals surface area contributed by atoms with Crippen molar-refractivity contribution in [1.82, 2.24) is 10.3 Å². The van der Waals surface area contributed by atoms with Gasteiger partial charge in [0.1, 0.15) is 5.56 Å². The molecule has 21 heavy (non-hydrogen) atoms. The van der Waals surface area contributed by atoms with E-state index in [-0.39, 0.29) is 23.5 Å². The van der Waals surface area contributed by atoms with Crippen LogP contribution in [0.15, 0.2) is 17.1 Å². The highest BCUT2D eigenvalue weighted by molar-refractivity contribution is 5.94. The van der Waals surface area contributed by atoms with Crippen LogP contribution in [-0.2, 0) is 0 Å². The smallest absolute Gasteiger partial charge is 0.257 e. The largest absolute Gasteiger partial charge is 0.394 e. The summed E-state index contributed by atoms with van der Waals surface area (Å²) in [5.74, 6) is -0.164. The first kappa shape index (κ1) is 15.8. The molecule has 0 spiro atoms. The van der Waals surface area contributed by atoms with Crippen molar-refractivity contribution in [3.05, 3.63) is 33.7 Å². The van der Waals surface area contributed by atoms with Gasteiger partial charge in [-0.15, -0.1) is 0 Å². The van der Waals surface area contributed by atoms with Crippen LogP contribution >= 0.6 is 0 Å². The summed E-state index contributed by atoms with van der Waals surface area (Å²) in [5, 5.41) is 12.6. The second-order valence-electron chi connectivity index (χ2n) is 6.26. The fourth-order valence-electron chi connectivity index (χ4n) is 3.09. The molecule has 5 nitrogen and oxygen atoms in total. The lowest BCUT2D eigenvalue weighted by Gasteiger charge is -2.39. The molecule has 0 bridgehead atoms. The third kappa shape index (κ3) is 3.53. The van der Waals surface area contributed by atoms with Crippen LogP contribution < -0.4 is 10.7 Å². The molecule has 0 unspecified atom stereocenters. The second kappa shape index (κ2) is 6.43. The van der Waals surface area contributed by atoms with Crippen LogP contribution in [0.25, 0.3) is 0 Å². The quantitative estimate of drug-likeness (QED) is 0.790. The number of aryl methyl sites for hydroxylation is 1. The molecule has 1 aromatic heterocycles. The molecule has 5 heteroatoms. The maximum Gasteiger partial charge on any atom is 0.257 e. The Morgan fingerprint density at radius 1 is 1.43 bits per heavy atom. The molecule has 0 radical (unpaired) electrons. The van der Waals surface area contributed by atoms with E-state index in [1.54, 1.807) is 6.92 Å². The van der Waals surface area contributed by atoms with Crippen molar-refractivity contribution >= 4 is 5.91 Å². The molecule has 2 rings (SSSR count). The minimum atomic E-state index is -0.672. The van der Waals surface area contributed by atoms with Crippen molar-refractivity contribution in [2.24, 2.45) is 5.92 Å². The van der Waals surface area contributed by atoms with Crippen molar-refractivity contribution in [3.8, 4) is 0 Å². The first-order valence-electron chi connectivity index (χ1n) is 7.59. The van der Waals surface area contributed by atoms with Gasteiger partial charge in [-0.25, -0.2) is 0 Å². The highest BCUT2D eigenvalue weighted by Gasteiger charge is 2.36. The number of carbonyl (C=O) groups excluding carboxylic acids is 1. The number of amides is 1. The molecule has 0 aliphatic heterocycles. The normalized spacial score (nSPS) is 19.0. The summed E-state index contributed by atoms with van der Waals surface area (Å²) in [6.07, 6.45) is 6.90. The third-order valence-corrected chi connectivity index (χ3v) is 4.54. The van der Waals surface area contributed by atoms with Gasteiger partial charge in [-0.2, -0.15) is 0 Å². The summed E-state index contributed by atoms with van der Waals surface area (Å²) >= 11 is 0. The van der Waals surface area contributed by atoms with Crippen LogP contribution in [0, 0.1) is 12.8 Å². The van der Waals surface area contributed by atoms with Crippen LogP contribution in [0.2, 0.25) is 0 Å². The minimum Gasteiger partial charge on any atom is -0.394 e. The zero-order chi connectivity index (χ0) is 15.5. The molecule has 0 aromatic carbocycles. The highest BCUT2D eigenvalue weighted by Crippen LogP contribution is 2.32. The van der Waals surface area contributed by atoms with E-state index in [0.29, 0.717) is 5.69 Å². The average Bonchev–Trinajstić information content (AvgIpc) is 2.47. The van der Waals surface area contributed by atoms with Crippen molar-refractivity contribution in [3.63, 3.8) is 0 Å². The van der Waals surface area contributed by atoms with E-state index in [9.17, 15) is 14.7 Å². The van der Waals surface area contributed by atoms with Gasteiger partial charge in [0.25, 0.3) is 5.91 Å². The number of aromatic amines is 1. The van der Waals surface area contributed by atoms with Crippen molar-refractivity contribution < 1.29 is 9.90 Å². The lowest BCUT2D eigenvalue weighted by atomic mass is 9.76. The van der Waals surface area contributed by atoms with E-state index in [0.717, 1.165) is 25.7 Å². The molecule has 3 N–H and O–H groups in total. The number of pyridine rings is 1. The monoisotopic (exact) mass is 292 g/mol. The number of nitrogens with one attached hydrogen (secondary N) is 2. The van der Waals surface area contributed by atoms with Gasteiger partial charge in [-0.1, -0.05) is 19.3 Å². The van der Waals surface area contributed by atoms with Gasteiger partial charge < -0.3 is 15.4 Å². The van der Waals surface area contributed by atoms with Crippen molar-refractivity contribution in [2.45, 2.75) is 51.5 Å². The molecule has 0 saturated heterocycles. The molecule has 116 valence electrons. The van der Waals surface area contributed by atoms with Crippen LogP contribution in [0.5, 0.6) is 0 Å². The fourth-order valence-corrected chi connectivity index (χ4v) is 3.09. The molecular formula is C16H24N2O3. The molecule has 1 heterocycles. The average molecular weight is 292 g/mol. The third-order valence-electron chi connectivity index (χ3n) is 4.54. The Morgan fingerprint density at radius 2 is 2.10 bits per heavy atom. The Labute approximate surface area is 124 Å². The number of aromatic nitrogens is 1. The number of hydrogen-bond acceptors (Lipinski definition) is 3. The number of carbonyl (C=O) groups is 1. The lowest BCUT2D eigenvalue weighted by molar-refractivity contribution is 0.0678. The summed E-state index contributed by atoms with van der Waals surface area (Å²) < 4.78 is 0. The Kier molecular flexibility index (Phi) is 4.83. The first-order chi connectivity index (χ1) is 9.96. The van der Waals surface area contributed by atoms with Gasteiger partial charge in [-0.3, -0.25) is 9.59 Å². The SMILES string of the molecule is Cc1cc(=O)c(C(=O)N[C@@](C)(CO)C2CCCCC2)c[nH]1. The van der Waals surface area contributed by atoms with Crippen LogP contribution in [0.3, 0.4) is 0 Å². The standard InChI is InChI=1S/C16H24N2O3/c1-11-8-14(20)13(9-17-11)15(21)18-16(2,10-19)12-6-4-3-5-7-12/h8-9,12,19H,3-7,10H2,1-2H3,(H,17,20)(H,18,21)/t16-/m0/s1. The van der Waals surface area contributed by atoms with Crippen LogP contribution in [0.1, 0.15) is 55.1 Å². The summed E-state index contributed by atoms with van der Waals surface area (Å²) in [5.41, 5.74) is -0.160. The zero-order valence-electron chi connectivity index (χ0n) is 12.7. The van der Waals surface area contributed by atoms with E-state index < -0.39 is 11.4 Å². The van der Waals surface area contributed by atoms with E-state index in [4.69, 9.17) is 0 Å². The molecule has 1 saturated carbocycles. The molecule has 1 aromatic rings. The van der Waals surface area contributed by atoms with E-state index in [1.807, 2.05) is 6.92 Å². The number of aliphatic hydroxyl groups is 1. The number of rotatable bonds is 4. The van der Waals surface area contributed by atoms with Crippen LogP contribution in [0.4, 0.5) is 0 Å². The van der Waals surface area contributed by atoms with Crippen molar-refractivity contribution in [2.75, 3.05) is 6.61 Å². The fraction of sp³-hybridized carbons (Fsp3) is 0.625. The molecule has 1 amide bonds. The van der Waals surface area contributed by atoms with E-state index in [1.165, 1.54) is 18.7 Å². The van der Waals surface area contributed by atoms with E-state index >= 15 is 0 Å². The Morgan fingerprint density at radius 3 is 2.67 bits per heavy atom.